The Morgan fingerprint density at radius 1 is 1.00 bits per heavy atom. The molecule has 5 rings (SSSR count). The van der Waals surface area contributed by atoms with Gasteiger partial charge in [0, 0.05) is 67.9 Å². The predicted octanol–water partition coefficient (Wildman–Crippen LogP) is 4.94. The number of carbonyl (C=O) groups excluding carboxylic acids is 2. The van der Waals surface area contributed by atoms with Crippen LogP contribution in [0.15, 0.2) is 47.4 Å². The fourth-order valence-electron chi connectivity index (χ4n) is 7.78. The molecule has 3 atom stereocenters. The first-order valence-electron chi connectivity index (χ1n) is 16.9. The predicted molar refractivity (Wildman–Crippen MR) is 177 cm³/mol. The summed E-state index contributed by atoms with van der Waals surface area (Å²) >= 11 is 0. The van der Waals surface area contributed by atoms with Crippen molar-refractivity contribution in [2.45, 2.75) is 90.8 Å². The maximum Gasteiger partial charge on any atom is 0.407 e. The van der Waals surface area contributed by atoms with Crippen molar-refractivity contribution in [3.8, 4) is 11.1 Å². The molecule has 10 nitrogen and oxygen atoms in total. The number of rotatable bonds is 7. The van der Waals surface area contributed by atoms with E-state index in [-0.39, 0.29) is 55.5 Å². The van der Waals surface area contributed by atoms with Crippen molar-refractivity contribution < 1.29 is 24.6 Å². The fraction of sp³-hybridized carbons (Fsp3) is 0.611. The second-order valence-corrected chi connectivity index (χ2v) is 14.6. The zero-order valence-corrected chi connectivity index (χ0v) is 27.8. The van der Waals surface area contributed by atoms with Crippen molar-refractivity contribution in [2.24, 2.45) is 17.3 Å². The smallest absolute Gasteiger partial charge is 0.407 e. The Morgan fingerprint density at radius 2 is 1.70 bits per heavy atom. The summed E-state index contributed by atoms with van der Waals surface area (Å²) in [6.07, 6.45) is 7.93. The van der Waals surface area contributed by atoms with Gasteiger partial charge >= 0.3 is 6.09 Å². The van der Waals surface area contributed by atoms with Gasteiger partial charge in [0.05, 0.1) is 17.7 Å². The molecule has 3 fully saturated rings. The Labute approximate surface area is 272 Å². The Hall–Kier alpha value is -3.66. The summed E-state index contributed by atoms with van der Waals surface area (Å²) in [7, 11) is 0. The van der Waals surface area contributed by atoms with Gasteiger partial charge in [-0.05, 0) is 31.2 Å². The van der Waals surface area contributed by atoms with E-state index >= 15 is 0 Å². The molecule has 1 aromatic heterocycles. The minimum absolute atomic E-state index is 0.0168. The minimum Gasteiger partial charge on any atom is -0.465 e. The van der Waals surface area contributed by atoms with E-state index < -0.39 is 17.1 Å². The number of carbonyl (C=O) groups is 3. The highest BCUT2D eigenvalue weighted by molar-refractivity contribution is 6.00. The number of likely N-dealkylation sites (tertiary alicyclic amines) is 1. The third kappa shape index (κ3) is 7.01. The average Bonchev–Trinajstić information content (AvgIpc) is 3.03. The van der Waals surface area contributed by atoms with Crippen LogP contribution >= 0.6 is 0 Å². The van der Waals surface area contributed by atoms with Crippen LogP contribution < -0.4 is 5.56 Å². The first-order valence-corrected chi connectivity index (χ1v) is 16.9. The number of amides is 3. The lowest BCUT2D eigenvalue weighted by Gasteiger charge is -2.51. The normalized spacial score (nSPS) is 24.5. The number of aliphatic hydroxyl groups is 1. The topological polar surface area (TPSA) is 123 Å². The summed E-state index contributed by atoms with van der Waals surface area (Å²) in [5.74, 6) is 0.388. The van der Waals surface area contributed by atoms with E-state index in [4.69, 9.17) is 0 Å². The van der Waals surface area contributed by atoms with Crippen LogP contribution in [0.1, 0.15) is 83.0 Å². The Morgan fingerprint density at radius 3 is 2.33 bits per heavy atom. The number of hydrogen-bond donors (Lipinski definition) is 2. The molecular weight excluding hydrogens is 584 g/mol. The molecule has 2 aromatic rings. The van der Waals surface area contributed by atoms with E-state index in [1.54, 1.807) is 18.0 Å². The van der Waals surface area contributed by atoms with Crippen LogP contribution in [-0.2, 0) is 11.3 Å². The summed E-state index contributed by atoms with van der Waals surface area (Å²) in [4.78, 5) is 57.6. The third-order valence-corrected chi connectivity index (χ3v) is 10.8. The van der Waals surface area contributed by atoms with E-state index in [0.717, 1.165) is 12.0 Å². The van der Waals surface area contributed by atoms with Crippen molar-refractivity contribution >= 4 is 17.9 Å². The highest BCUT2D eigenvalue weighted by Crippen LogP contribution is 2.41. The maximum atomic E-state index is 14.0. The first-order chi connectivity index (χ1) is 21.8. The van der Waals surface area contributed by atoms with Crippen molar-refractivity contribution in [1.29, 1.82) is 0 Å². The highest BCUT2D eigenvalue weighted by atomic mass is 16.4. The quantitative estimate of drug-likeness (QED) is 0.445. The van der Waals surface area contributed by atoms with Crippen LogP contribution in [0.4, 0.5) is 4.79 Å². The van der Waals surface area contributed by atoms with Crippen molar-refractivity contribution in [3.63, 3.8) is 0 Å². The number of carboxylic acid groups (broad SMARTS) is 1. The van der Waals surface area contributed by atoms with E-state index in [2.05, 4.69) is 0 Å². The molecule has 3 heterocycles. The lowest BCUT2D eigenvalue weighted by molar-refractivity contribution is -0.157. The van der Waals surface area contributed by atoms with Gasteiger partial charge in [0.15, 0.2) is 0 Å². The van der Waals surface area contributed by atoms with Crippen LogP contribution in [-0.4, -0.2) is 91.8 Å². The lowest BCUT2D eigenvalue weighted by Crippen LogP contribution is -2.61. The number of nitrogens with zero attached hydrogens (tertiary/aromatic N) is 4. The molecule has 46 heavy (non-hydrogen) atoms. The lowest BCUT2D eigenvalue weighted by atomic mass is 9.69. The summed E-state index contributed by atoms with van der Waals surface area (Å²) < 4.78 is 1.43. The van der Waals surface area contributed by atoms with Crippen molar-refractivity contribution in [2.75, 3.05) is 32.7 Å². The number of piperazine rings is 1. The molecule has 0 bridgehead atoms. The van der Waals surface area contributed by atoms with Crippen LogP contribution in [0.5, 0.6) is 0 Å². The molecule has 250 valence electrons. The molecule has 2 aliphatic heterocycles. The van der Waals surface area contributed by atoms with Gasteiger partial charge in [0.1, 0.15) is 0 Å². The van der Waals surface area contributed by atoms with Crippen molar-refractivity contribution in [3.05, 3.63) is 58.5 Å². The van der Waals surface area contributed by atoms with Crippen LogP contribution in [0.2, 0.25) is 0 Å². The molecule has 1 aromatic carbocycles. The molecule has 0 radical (unpaired) electrons. The van der Waals surface area contributed by atoms with E-state index in [1.807, 2.05) is 56.0 Å². The molecule has 3 aliphatic rings. The summed E-state index contributed by atoms with van der Waals surface area (Å²) in [6, 6.07) is 10.3. The zero-order valence-electron chi connectivity index (χ0n) is 27.8. The number of piperidine rings is 1. The Balaban J connectivity index is 1.38. The van der Waals surface area contributed by atoms with Gasteiger partial charge in [-0.3, -0.25) is 14.4 Å². The SMILES string of the molecule is CC(CC1CCCCC1)C(=O)N1CCC(O)(Cn2cc(C(=O)N3CCN(C(=O)O)C(C)C3)c(-c3ccccc3)cc2=O)C(C)(C)C1. The van der Waals surface area contributed by atoms with E-state index in [0.29, 0.717) is 36.6 Å². The molecule has 10 heteroatoms. The molecule has 1 saturated carbocycles. The molecule has 3 amide bonds. The maximum absolute atomic E-state index is 14.0. The van der Waals surface area contributed by atoms with Gasteiger partial charge < -0.3 is 29.5 Å². The fourth-order valence-corrected chi connectivity index (χ4v) is 7.78. The summed E-state index contributed by atoms with van der Waals surface area (Å²) in [5.41, 5.74) is -0.790. The summed E-state index contributed by atoms with van der Waals surface area (Å²) in [6.45, 7) is 9.13. The molecule has 3 unspecified atom stereocenters. The van der Waals surface area contributed by atoms with Gasteiger partial charge in [-0.2, -0.15) is 0 Å². The van der Waals surface area contributed by atoms with Gasteiger partial charge in [0.25, 0.3) is 11.5 Å². The molecule has 2 N–H and O–H groups in total. The summed E-state index contributed by atoms with van der Waals surface area (Å²) in [5, 5.41) is 21.6. The highest BCUT2D eigenvalue weighted by Gasteiger charge is 2.49. The number of benzene rings is 1. The van der Waals surface area contributed by atoms with Crippen LogP contribution in [0.3, 0.4) is 0 Å². The van der Waals surface area contributed by atoms with Crippen LogP contribution in [0, 0.1) is 17.3 Å². The Kier molecular flexibility index (Phi) is 9.96. The largest absolute Gasteiger partial charge is 0.465 e. The monoisotopic (exact) mass is 634 g/mol. The molecule has 2 saturated heterocycles. The molecule has 0 spiro atoms. The standard InChI is InChI=1S/C36H50N4O6/c1-25(19-27-11-7-5-8-12-27)32(42)38-16-15-36(46,35(3,4)23-38)24-39-22-30(29(20-31(39)41)28-13-9-6-10-14-28)33(43)37-17-18-40(34(44)45)26(2)21-37/h6,9-10,13-14,20,22,25-27,46H,5,7-8,11-12,15-19,21,23-24H2,1-4H3,(H,44,45). The van der Waals surface area contributed by atoms with E-state index in [1.165, 1.54) is 47.6 Å². The minimum atomic E-state index is -1.30. The Bertz CT molecular complexity index is 1480. The van der Waals surface area contributed by atoms with Crippen molar-refractivity contribution in [1.82, 2.24) is 19.3 Å². The first kappa shape index (κ1) is 33.7. The number of hydrogen-bond acceptors (Lipinski definition) is 5. The molecular formula is C36H50N4O6. The molecule has 1 aliphatic carbocycles. The number of aromatic nitrogens is 1. The van der Waals surface area contributed by atoms with Gasteiger partial charge in [-0.25, -0.2) is 4.79 Å². The second kappa shape index (κ2) is 13.6. The van der Waals surface area contributed by atoms with Gasteiger partial charge in [0.2, 0.25) is 5.91 Å². The zero-order chi connectivity index (χ0) is 33.2. The van der Waals surface area contributed by atoms with Crippen LogP contribution in [0.25, 0.3) is 11.1 Å². The average molecular weight is 635 g/mol. The van der Waals surface area contributed by atoms with Gasteiger partial charge in [-0.1, -0.05) is 83.2 Å². The second-order valence-electron chi connectivity index (χ2n) is 14.6. The van der Waals surface area contributed by atoms with Gasteiger partial charge in [-0.15, -0.1) is 0 Å². The third-order valence-electron chi connectivity index (χ3n) is 10.8. The van der Waals surface area contributed by atoms with E-state index in [9.17, 15) is 29.4 Å². The number of pyridine rings is 1.